The van der Waals surface area contributed by atoms with Crippen molar-refractivity contribution in [3.8, 4) is 6.07 Å². The molecular weight excluding hydrogens is 314 g/mol. The molecule has 1 aromatic carbocycles. The van der Waals surface area contributed by atoms with Gasteiger partial charge in [-0.05, 0) is 18.2 Å². The standard InChI is InChI=1S/C15H16ClN7/c16-11-2-1-3-12(10-11)22-6-8-23(9-7-22)15-20-13(4-5-17)19-14(18)21-15/h1-3,10H,4,6-9H2,(H2,18,19,20,21). The number of nitrogens with two attached hydrogens (primary N) is 1. The summed E-state index contributed by atoms with van der Waals surface area (Å²) in [6.07, 6.45) is 0.127. The fourth-order valence-corrected chi connectivity index (χ4v) is 2.74. The Morgan fingerprint density at radius 1 is 1.13 bits per heavy atom. The number of anilines is 3. The van der Waals surface area contributed by atoms with Crippen LogP contribution in [0.25, 0.3) is 0 Å². The van der Waals surface area contributed by atoms with Crippen LogP contribution in [0, 0.1) is 11.3 Å². The van der Waals surface area contributed by atoms with Crippen LogP contribution in [0.4, 0.5) is 17.6 Å². The average Bonchev–Trinajstić information content (AvgIpc) is 2.55. The van der Waals surface area contributed by atoms with Gasteiger partial charge in [0.25, 0.3) is 0 Å². The molecule has 8 heteroatoms. The van der Waals surface area contributed by atoms with E-state index >= 15 is 0 Å². The lowest BCUT2D eigenvalue weighted by Crippen LogP contribution is -2.47. The van der Waals surface area contributed by atoms with E-state index in [1.54, 1.807) is 0 Å². The maximum Gasteiger partial charge on any atom is 0.230 e. The number of hydrogen-bond donors (Lipinski definition) is 1. The fourth-order valence-electron chi connectivity index (χ4n) is 2.55. The molecule has 1 aliphatic rings. The first kappa shape index (κ1) is 15.3. The summed E-state index contributed by atoms with van der Waals surface area (Å²) in [6, 6.07) is 9.85. The van der Waals surface area contributed by atoms with Crippen LogP contribution in [0.3, 0.4) is 0 Å². The van der Waals surface area contributed by atoms with Gasteiger partial charge in [0.1, 0.15) is 5.82 Å². The third-order valence-electron chi connectivity index (χ3n) is 3.66. The molecular formula is C15H16ClN7. The SMILES string of the molecule is N#CCc1nc(N)nc(N2CCN(c3cccc(Cl)c3)CC2)n1. The van der Waals surface area contributed by atoms with Gasteiger partial charge in [0.05, 0.1) is 12.5 Å². The normalized spacial score (nSPS) is 14.6. The Hall–Kier alpha value is -2.59. The zero-order valence-corrected chi connectivity index (χ0v) is 13.2. The smallest absolute Gasteiger partial charge is 0.230 e. The maximum atomic E-state index is 8.77. The minimum atomic E-state index is 0.127. The lowest BCUT2D eigenvalue weighted by atomic mass is 10.2. The highest BCUT2D eigenvalue weighted by molar-refractivity contribution is 6.30. The minimum absolute atomic E-state index is 0.127. The third-order valence-corrected chi connectivity index (χ3v) is 3.90. The number of aromatic nitrogens is 3. The van der Waals surface area contributed by atoms with E-state index in [1.807, 2.05) is 30.3 Å². The van der Waals surface area contributed by atoms with Gasteiger partial charge in [-0.1, -0.05) is 17.7 Å². The van der Waals surface area contributed by atoms with Gasteiger partial charge >= 0.3 is 0 Å². The number of benzene rings is 1. The van der Waals surface area contributed by atoms with Gasteiger partial charge in [-0.15, -0.1) is 0 Å². The summed E-state index contributed by atoms with van der Waals surface area (Å²) < 4.78 is 0. The lowest BCUT2D eigenvalue weighted by Gasteiger charge is -2.36. The van der Waals surface area contributed by atoms with Gasteiger partial charge in [0.15, 0.2) is 0 Å². The van der Waals surface area contributed by atoms with E-state index in [0.29, 0.717) is 11.8 Å². The molecule has 0 saturated carbocycles. The molecule has 0 aliphatic carbocycles. The van der Waals surface area contributed by atoms with Crippen LogP contribution in [0.1, 0.15) is 5.82 Å². The van der Waals surface area contributed by atoms with E-state index in [4.69, 9.17) is 22.6 Å². The van der Waals surface area contributed by atoms with Gasteiger partial charge in [-0.25, -0.2) is 0 Å². The largest absolute Gasteiger partial charge is 0.368 e. The molecule has 0 bridgehead atoms. The number of halogens is 1. The van der Waals surface area contributed by atoms with E-state index in [9.17, 15) is 0 Å². The van der Waals surface area contributed by atoms with Crippen molar-refractivity contribution in [2.45, 2.75) is 6.42 Å². The van der Waals surface area contributed by atoms with Gasteiger partial charge in [0, 0.05) is 36.9 Å². The van der Waals surface area contributed by atoms with E-state index < -0.39 is 0 Å². The number of hydrogen-bond acceptors (Lipinski definition) is 7. The number of nitrogens with zero attached hydrogens (tertiary/aromatic N) is 6. The van der Waals surface area contributed by atoms with Crippen molar-refractivity contribution in [3.63, 3.8) is 0 Å². The molecule has 1 saturated heterocycles. The third kappa shape index (κ3) is 3.60. The van der Waals surface area contributed by atoms with E-state index in [0.717, 1.165) is 36.9 Å². The molecule has 2 heterocycles. The number of piperazine rings is 1. The predicted octanol–water partition coefficient (Wildman–Crippen LogP) is 1.50. The fraction of sp³-hybridized carbons (Fsp3) is 0.333. The zero-order chi connectivity index (χ0) is 16.2. The van der Waals surface area contributed by atoms with Crippen molar-refractivity contribution in [2.75, 3.05) is 41.7 Å². The van der Waals surface area contributed by atoms with Crippen molar-refractivity contribution in [3.05, 3.63) is 35.1 Å². The summed E-state index contributed by atoms with van der Waals surface area (Å²) in [6.45, 7) is 3.20. The van der Waals surface area contributed by atoms with Gasteiger partial charge in [-0.3, -0.25) is 0 Å². The summed E-state index contributed by atoms with van der Waals surface area (Å²) in [7, 11) is 0. The lowest BCUT2D eigenvalue weighted by molar-refractivity contribution is 0.637. The molecule has 1 fully saturated rings. The molecule has 0 radical (unpaired) electrons. The Kier molecular flexibility index (Phi) is 4.44. The summed E-state index contributed by atoms with van der Waals surface area (Å²) in [4.78, 5) is 16.8. The van der Waals surface area contributed by atoms with E-state index in [2.05, 4.69) is 24.8 Å². The van der Waals surface area contributed by atoms with Crippen molar-refractivity contribution < 1.29 is 0 Å². The molecule has 118 valence electrons. The summed E-state index contributed by atoms with van der Waals surface area (Å²) in [5, 5.41) is 9.51. The Balaban J connectivity index is 1.70. The molecule has 2 aromatic rings. The summed E-state index contributed by atoms with van der Waals surface area (Å²) >= 11 is 6.05. The Bertz CT molecular complexity index is 735. The van der Waals surface area contributed by atoms with E-state index in [1.165, 1.54) is 0 Å². The van der Waals surface area contributed by atoms with Crippen LogP contribution in [0.2, 0.25) is 5.02 Å². The van der Waals surface area contributed by atoms with Crippen molar-refractivity contribution in [2.24, 2.45) is 0 Å². The molecule has 1 aliphatic heterocycles. The predicted molar refractivity (Wildman–Crippen MR) is 89.4 cm³/mol. The van der Waals surface area contributed by atoms with E-state index in [-0.39, 0.29) is 12.4 Å². The quantitative estimate of drug-likeness (QED) is 0.911. The second-order valence-corrected chi connectivity index (χ2v) is 5.64. The van der Waals surface area contributed by atoms with Gasteiger partial charge in [0.2, 0.25) is 11.9 Å². The van der Waals surface area contributed by atoms with Crippen LogP contribution in [0.5, 0.6) is 0 Å². The van der Waals surface area contributed by atoms with Crippen LogP contribution in [-0.2, 0) is 6.42 Å². The first-order chi connectivity index (χ1) is 11.2. The molecule has 23 heavy (non-hydrogen) atoms. The van der Waals surface area contributed by atoms with Crippen molar-refractivity contribution in [1.29, 1.82) is 5.26 Å². The molecule has 7 nitrogen and oxygen atoms in total. The summed E-state index contributed by atoms with van der Waals surface area (Å²) in [5.74, 6) is 1.10. The summed E-state index contributed by atoms with van der Waals surface area (Å²) in [5.41, 5.74) is 6.82. The zero-order valence-electron chi connectivity index (χ0n) is 12.5. The topological polar surface area (TPSA) is 95.0 Å². The first-order valence-corrected chi connectivity index (χ1v) is 7.66. The number of rotatable bonds is 3. The second-order valence-electron chi connectivity index (χ2n) is 5.20. The van der Waals surface area contributed by atoms with Crippen LogP contribution >= 0.6 is 11.6 Å². The number of nitriles is 1. The monoisotopic (exact) mass is 329 g/mol. The minimum Gasteiger partial charge on any atom is -0.368 e. The Labute approximate surface area is 139 Å². The maximum absolute atomic E-state index is 8.77. The highest BCUT2D eigenvalue weighted by Gasteiger charge is 2.20. The molecule has 2 N–H and O–H groups in total. The Morgan fingerprint density at radius 3 is 2.57 bits per heavy atom. The molecule has 0 amide bonds. The highest BCUT2D eigenvalue weighted by Crippen LogP contribution is 2.22. The number of nitrogen functional groups attached to an aromatic ring is 1. The molecule has 0 unspecified atom stereocenters. The molecule has 1 aromatic heterocycles. The average molecular weight is 330 g/mol. The first-order valence-electron chi connectivity index (χ1n) is 7.28. The Morgan fingerprint density at radius 2 is 1.87 bits per heavy atom. The van der Waals surface area contributed by atoms with Crippen molar-refractivity contribution in [1.82, 2.24) is 15.0 Å². The van der Waals surface area contributed by atoms with Gasteiger partial charge < -0.3 is 15.5 Å². The van der Waals surface area contributed by atoms with Gasteiger partial charge in [-0.2, -0.15) is 20.2 Å². The van der Waals surface area contributed by atoms with Crippen LogP contribution < -0.4 is 15.5 Å². The second kappa shape index (κ2) is 6.67. The molecule has 3 rings (SSSR count). The van der Waals surface area contributed by atoms with Crippen molar-refractivity contribution >= 4 is 29.2 Å². The van der Waals surface area contributed by atoms with Crippen LogP contribution in [-0.4, -0.2) is 41.1 Å². The van der Waals surface area contributed by atoms with Crippen LogP contribution in [0.15, 0.2) is 24.3 Å². The molecule has 0 spiro atoms. The molecule has 0 atom stereocenters. The highest BCUT2D eigenvalue weighted by atomic mass is 35.5.